The van der Waals surface area contributed by atoms with Crippen LogP contribution in [-0.4, -0.2) is 44.7 Å². The van der Waals surface area contributed by atoms with Crippen molar-refractivity contribution in [1.82, 2.24) is 19.7 Å². The van der Waals surface area contributed by atoms with E-state index in [1.54, 1.807) is 17.0 Å². The van der Waals surface area contributed by atoms with Gasteiger partial charge in [-0.2, -0.15) is 18.3 Å². The van der Waals surface area contributed by atoms with Crippen LogP contribution in [0.25, 0.3) is 6.08 Å². The van der Waals surface area contributed by atoms with E-state index in [4.69, 9.17) is 0 Å². The highest BCUT2D eigenvalue weighted by atomic mass is 32.1. The molecule has 2 aliphatic rings. The standard InChI is InChI=1S/C25H33F3N4OS/c1-31-16-20(15-29-31)6-7-21(33)14-19-4-2-18(3-5-19)9-12-32-13-10-23-22(17-32)30-24(34-23)8-11-25(26,27)28/h6-7,15-16,18-19H,2-5,8-14,17H2,1H3/b7-6+. The summed E-state index contributed by atoms with van der Waals surface area (Å²) in [7, 11) is 1.86. The Kier molecular flexibility index (Phi) is 8.24. The molecule has 2 aromatic heterocycles. The number of aromatic nitrogens is 3. The van der Waals surface area contributed by atoms with Gasteiger partial charge in [-0.05, 0) is 56.2 Å². The van der Waals surface area contributed by atoms with E-state index in [0.717, 1.165) is 61.5 Å². The number of halogens is 3. The quantitative estimate of drug-likeness (QED) is 0.426. The van der Waals surface area contributed by atoms with Crippen LogP contribution in [0.3, 0.4) is 0 Å². The van der Waals surface area contributed by atoms with Crippen LogP contribution in [0.4, 0.5) is 13.2 Å². The van der Waals surface area contributed by atoms with E-state index in [-0.39, 0.29) is 12.2 Å². The Morgan fingerprint density at radius 1 is 1.24 bits per heavy atom. The fraction of sp³-hybridized carbons (Fsp3) is 0.640. The number of rotatable bonds is 9. The van der Waals surface area contributed by atoms with E-state index >= 15 is 0 Å². The predicted octanol–water partition coefficient (Wildman–Crippen LogP) is 5.60. The molecule has 186 valence electrons. The molecular weight excluding hydrogens is 461 g/mol. The van der Waals surface area contributed by atoms with E-state index in [9.17, 15) is 18.0 Å². The number of carbonyl (C=O) groups excluding carboxylic acids is 1. The van der Waals surface area contributed by atoms with Crippen molar-refractivity contribution >= 4 is 23.2 Å². The summed E-state index contributed by atoms with van der Waals surface area (Å²) < 4.78 is 39.2. The molecule has 1 aliphatic carbocycles. The summed E-state index contributed by atoms with van der Waals surface area (Å²) in [4.78, 5) is 20.4. The Balaban J connectivity index is 1.15. The minimum Gasteiger partial charge on any atom is -0.297 e. The van der Waals surface area contributed by atoms with Crippen molar-refractivity contribution < 1.29 is 18.0 Å². The molecule has 0 N–H and O–H groups in total. The first kappa shape index (κ1) is 25.1. The predicted molar refractivity (Wildman–Crippen MR) is 127 cm³/mol. The number of hydrogen-bond acceptors (Lipinski definition) is 5. The summed E-state index contributed by atoms with van der Waals surface area (Å²) in [6.45, 7) is 2.73. The van der Waals surface area contributed by atoms with Crippen molar-refractivity contribution in [3.63, 3.8) is 0 Å². The van der Waals surface area contributed by atoms with Gasteiger partial charge in [-0.15, -0.1) is 11.3 Å². The average molecular weight is 495 g/mol. The third-order valence-electron chi connectivity index (χ3n) is 6.97. The van der Waals surface area contributed by atoms with Crippen LogP contribution < -0.4 is 0 Å². The van der Waals surface area contributed by atoms with E-state index in [1.165, 1.54) is 24.2 Å². The molecule has 0 spiro atoms. The molecule has 1 aliphatic heterocycles. The molecular formula is C25H33F3N4OS. The summed E-state index contributed by atoms with van der Waals surface area (Å²) in [5.74, 6) is 1.36. The number of allylic oxidation sites excluding steroid dienone is 1. The van der Waals surface area contributed by atoms with Crippen molar-refractivity contribution in [1.29, 1.82) is 0 Å². The third-order valence-corrected chi connectivity index (χ3v) is 8.19. The Labute approximate surface area is 203 Å². The molecule has 0 aromatic carbocycles. The molecule has 3 heterocycles. The first-order chi connectivity index (χ1) is 16.2. The zero-order valence-electron chi connectivity index (χ0n) is 19.7. The first-order valence-electron chi connectivity index (χ1n) is 12.2. The number of fused-ring (bicyclic) bond motifs is 1. The van der Waals surface area contributed by atoms with E-state index < -0.39 is 12.6 Å². The Hall–Kier alpha value is -2.00. The number of aryl methyl sites for hydroxylation is 2. The smallest absolute Gasteiger partial charge is 0.297 e. The first-order valence-corrected chi connectivity index (χ1v) is 13.0. The van der Waals surface area contributed by atoms with Crippen molar-refractivity contribution in [2.75, 3.05) is 13.1 Å². The number of alkyl halides is 3. The summed E-state index contributed by atoms with van der Waals surface area (Å²) in [5, 5.41) is 4.73. The fourth-order valence-corrected chi connectivity index (χ4v) is 6.08. The monoisotopic (exact) mass is 494 g/mol. The van der Waals surface area contributed by atoms with Crippen LogP contribution in [-0.2, 0) is 31.2 Å². The van der Waals surface area contributed by atoms with Crippen LogP contribution in [0.5, 0.6) is 0 Å². The van der Waals surface area contributed by atoms with Crippen LogP contribution in [0.2, 0.25) is 0 Å². The van der Waals surface area contributed by atoms with E-state index in [1.807, 2.05) is 19.3 Å². The van der Waals surface area contributed by atoms with E-state index in [0.29, 0.717) is 23.3 Å². The molecule has 0 saturated heterocycles. The summed E-state index contributed by atoms with van der Waals surface area (Å²) in [5.41, 5.74) is 1.93. The molecule has 0 radical (unpaired) electrons. The molecule has 0 unspecified atom stereocenters. The average Bonchev–Trinajstić information content (AvgIpc) is 3.40. The molecule has 4 rings (SSSR count). The Morgan fingerprint density at radius 2 is 2.00 bits per heavy atom. The lowest BCUT2D eigenvalue weighted by atomic mass is 9.78. The van der Waals surface area contributed by atoms with Gasteiger partial charge < -0.3 is 0 Å². The number of thiazole rings is 1. The molecule has 9 heteroatoms. The highest BCUT2D eigenvalue weighted by Gasteiger charge is 2.29. The minimum absolute atomic E-state index is 0.00777. The second-order valence-corrected chi connectivity index (χ2v) is 10.9. The number of carbonyl (C=O) groups is 1. The van der Waals surface area contributed by atoms with Gasteiger partial charge in [0.05, 0.1) is 16.9 Å². The van der Waals surface area contributed by atoms with Crippen molar-refractivity contribution in [2.45, 2.75) is 70.5 Å². The molecule has 0 amide bonds. The molecule has 0 bridgehead atoms. The second kappa shape index (κ2) is 11.2. The number of hydrogen-bond donors (Lipinski definition) is 0. The van der Waals surface area contributed by atoms with Gasteiger partial charge in [-0.1, -0.05) is 12.8 Å². The lowest BCUT2D eigenvalue weighted by Gasteiger charge is -2.31. The maximum absolute atomic E-state index is 12.5. The summed E-state index contributed by atoms with van der Waals surface area (Å²) >= 11 is 1.46. The van der Waals surface area contributed by atoms with Gasteiger partial charge in [0, 0.05) is 56.0 Å². The zero-order valence-corrected chi connectivity index (χ0v) is 20.5. The van der Waals surface area contributed by atoms with Crippen LogP contribution in [0, 0.1) is 11.8 Å². The normalized spacial score (nSPS) is 21.8. The Morgan fingerprint density at radius 3 is 2.71 bits per heavy atom. The lowest BCUT2D eigenvalue weighted by Crippen LogP contribution is -2.32. The fourth-order valence-electron chi connectivity index (χ4n) is 5.01. The van der Waals surface area contributed by atoms with Gasteiger partial charge in [-0.25, -0.2) is 4.98 Å². The maximum atomic E-state index is 12.5. The van der Waals surface area contributed by atoms with Gasteiger partial charge in [0.25, 0.3) is 0 Å². The van der Waals surface area contributed by atoms with Crippen LogP contribution in [0.15, 0.2) is 18.5 Å². The molecule has 1 saturated carbocycles. The molecule has 5 nitrogen and oxygen atoms in total. The van der Waals surface area contributed by atoms with Gasteiger partial charge in [-0.3, -0.25) is 14.4 Å². The topological polar surface area (TPSA) is 51.0 Å². The summed E-state index contributed by atoms with van der Waals surface area (Å²) in [6.07, 6.45) is 9.44. The van der Waals surface area contributed by atoms with Crippen LogP contribution in [0.1, 0.15) is 66.1 Å². The second-order valence-electron chi connectivity index (χ2n) is 9.75. The van der Waals surface area contributed by atoms with Crippen molar-refractivity contribution in [3.05, 3.63) is 39.6 Å². The highest BCUT2D eigenvalue weighted by molar-refractivity contribution is 7.11. The van der Waals surface area contributed by atoms with Crippen molar-refractivity contribution in [3.8, 4) is 0 Å². The van der Waals surface area contributed by atoms with Gasteiger partial charge >= 0.3 is 6.18 Å². The largest absolute Gasteiger partial charge is 0.389 e. The third kappa shape index (κ3) is 7.50. The molecule has 1 fully saturated rings. The highest BCUT2D eigenvalue weighted by Crippen LogP contribution is 2.34. The SMILES string of the molecule is Cn1cc(/C=C/C(=O)CC2CCC(CCN3CCc4sc(CCC(F)(F)F)nc4C3)CC2)cn1. The van der Waals surface area contributed by atoms with Crippen LogP contribution >= 0.6 is 11.3 Å². The van der Waals surface area contributed by atoms with Gasteiger partial charge in [0.1, 0.15) is 0 Å². The number of nitrogens with zero attached hydrogens (tertiary/aromatic N) is 4. The molecule has 34 heavy (non-hydrogen) atoms. The zero-order chi connectivity index (χ0) is 24.1. The minimum atomic E-state index is -4.12. The van der Waals surface area contributed by atoms with Crippen molar-refractivity contribution in [2.24, 2.45) is 18.9 Å². The summed E-state index contributed by atoms with van der Waals surface area (Å²) in [6, 6.07) is 0. The Bertz CT molecular complexity index is 989. The maximum Gasteiger partial charge on any atom is 0.389 e. The molecule has 0 atom stereocenters. The van der Waals surface area contributed by atoms with Gasteiger partial charge in [0.15, 0.2) is 5.78 Å². The molecule has 2 aromatic rings. The number of ketones is 1. The van der Waals surface area contributed by atoms with E-state index in [2.05, 4.69) is 15.0 Å². The lowest BCUT2D eigenvalue weighted by molar-refractivity contribution is -0.134. The van der Waals surface area contributed by atoms with Gasteiger partial charge in [0.2, 0.25) is 0 Å².